The number of benzene rings is 2. The number of aliphatic hydroxyl groups is 1. The highest BCUT2D eigenvalue weighted by Crippen LogP contribution is 2.24. The summed E-state index contributed by atoms with van der Waals surface area (Å²) in [6.45, 7) is 2.72. The maximum atomic E-state index is 12.5. The van der Waals surface area contributed by atoms with E-state index in [-0.39, 0.29) is 9.79 Å². The number of hydrogen-bond acceptors (Lipinski definition) is 4. The molecule has 2 aromatic rings. The van der Waals surface area contributed by atoms with Crippen molar-refractivity contribution in [3.63, 3.8) is 0 Å². The van der Waals surface area contributed by atoms with E-state index < -0.39 is 21.3 Å². The summed E-state index contributed by atoms with van der Waals surface area (Å²) < 4.78 is 25.0. The van der Waals surface area contributed by atoms with E-state index in [0.717, 1.165) is 0 Å². The zero-order valence-electron chi connectivity index (χ0n) is 12.6. The second kappa shape index (κ2) is 6.31. The van der Waals surface area contributed by atoms with E-state index in [1.807, 2.05) is 0 Å². The van der Waals surface area contributed by atoms with Crippen LogP contribution in [-0.4, -0.2) is 25.0 Å². The number of sulfone groups is 1. The minimum Gasteiger partial charge on any atom is -0.381 e. The topological polar surface area (TPSA) is 83.5 Å². The molecule has 0 aliphatic heterocycles. The summed E-state index contributed by atoms with van der Waals surface area (Å²) >= 11 is 5.83. The van der Waals surface area contributed by atoms with Gasteiger partial charge in [0.15, 0.2) is 0 Å². The monoisotopic (exact) mass is 353 g/mol. The van der Waals surface area contributed by atoms with E-state index in [0.29, 0.717) is 10.7 Å². The second-order valence-corrected chi connectivity index (χ2v) is 7.88. The van der Waals surface area contributed by atoms with Gasteiger partial charge in [-0.2, -0.15) is 0 Å². The van der Waals surface area contributed by atoms with Crippen LogP contribution in [0, 0.1) is 0 Å². The zero-order valence-corrected chi connectivity index (χ0v) is 14.1. The standard InChI is InChI=1S/C16H16ClNO4S/c1-16(2,20)15(19)18-12-6-8-13(9-7-12)23(21,22)14-5-3-4-11(17)10-14/h3-10,20H,1-2H3,(H,18,19). The number of anilines is 1. The molecule has 0 unspecified atom stereocenters. The van der Waals surface area contributed by atoms with E-state index in [9.17, 15) is 18.3 Å². The van der Waals surface area contributed by atoms with Gasteiger partial charge in [-0.05, 0) is 56.3 Å². The maximum Gasteiger partial charge on any atom is 0.255 e. The average Bonchev–Trinajstić information content (AvgIpc) is 2.47. The Kier molecular flexibility index (Phi) is 4.79. The number of rotatable bonds is 4. The van der Waals surface area contributed by atoms with E-state index in [2.05, 4.69) is 5.32 Å². The molecule has 2 N–H and O–H groups in total. The second-order valence-electron chi connectivity index (χ2n) is 5.50. The SMILES string of the molecule is CC(C)(O)C(=O)Nc1ccc(S(=O)(=O)c2cccc(Cl)c2)cc1. The van der Waals surface area contributed by atoms with E-state index in [1.54, 1.807) is 12.1 Å². The zero-order chi connectivity index (χ0) is 17.3. The molecule has 7 heteroatoms. The van der Waals surface area contributed by atoms with Gasteiger partial charge < -0.3 is 10.4 Å². The molecule has 0 spiro atoms. The lowest BCUT2D eigenvalue weighted by molar-refractivity contribution is -0.130. The van der Waals surface area contributed by atoms with Crippen LogP contribution >= 0.6 is 11.6 Å². The molecule has 0 fully saturated rings. The van der Waals surface area contributed by atoms with Gasteiger partial charge in [-0.1, -0.05) is 17.7 Å². The minimum atomic E-state index is -3.68. The normalized spacial score (nSPS) is 12.0. The van der Waals surface area contributed by atoms with Gasteiger partial charge in [-0.3, -0.25) is 4.79 Å². The van der Waals surface area contributed by atoms with Gasteiger partial charge in [0.1, 0.15) is 5.60 Å². The minimum absolute atomic E-state index is 0.0843. The summed E-state index contributed by atoms with van der Waals surface area (Å²) in [4.78, 5) is 11.9. The summed E-state index contributed by atoms with van der Waals surface area (Å²) in [5.41, 5.74) is -1.13. The van der Waals surface area contributed by atoms with Crippen molar-refractivity contribution in [2.75, 3.05) is 5.32 Å². The van der Waals surface area contributed by atoms with Crippen LogP contribution in [0.15, 0.2) is 58.3 Å². The largest absolute Gasteiger partial charge is 0.381 e. The van der Waals surface area contributed by atoms with E-state index >= 15 is 0 Å². The summed E-state index contributed by atoms with van der Waals surface area (Å²) in [6.07, 6.45) is 0. The molecule has 0 saturated carbocycles. The summed E-state index contributed by atoms with van der Waals surface area (Å²) in [7, 11) is -3.68. The van der Waals surface area contributed by atoms with Crippen molar-refractivity contribution in [1.29, 1.82) is 0 Å². The summed E-state index contributed by atoms with van der Waals surface area (Å²) in [6, 6.07) is 11.7. The van der Waals surface area contributed by atoms with Gasteiger partial charge in [0.25, 0.3) is 5.91 Å². The first-order chi connectivity index (χ1) is 10.6. The number of hydrogen-bond donors (Lipinski definition) is 2. The molecule has 23 heavy (non-hydrogen) atoms. The molecule has 2 rings (SSSR count). The lowest BCUT2D eigenvalue weighted by atomic mass is 10.1. The van der Waals surface area contributed by atoms with Gasteiger partial charge in [0, 0.05) is 10.7 Å². The Morgan fingerprint density at radius 1 is 1.09 bits per heavy atom. The molecule has 0 atom stereocenters. The third-order valence-corrected chi connectivity index (χ3v) is 5.09. The quantitative estimate of drug-likeness (QED) is 0.885. The van der Waals surface area contributed by atoms with Crippen LogP contribution < -0.4 is 5.32 Å². The molecule has 0 saturated heterocycles. The fraction of sp³-hybridized carbons (Fsp3) is 0.188. The molecular weight excluding hydrogens is 338 g/mol. The van der Waals surface area contributed by atoms with E-state index in [1.165, 1.54) is 50.2 Å². The summed E-state index contributed by atoms with van der Waals surface area (Å²) in [5, 5.41) is 12.4. The molecule has 0 radical (unpaired) electrons. The molecule has 0 aliphatic rings. The first kappa shape index (κ1) is 17.5. The van der Waals surface area contributed by atoms with Crippen LogP contribution in [0.1, 0.15) is 13.8 Å². The molecule has 0 bridgehead atoms. The average molecular weight is 354 g/mol. The fourth-order valence-corrected chi connectivity index (χ4v) is 3.33. The Morgan fingerprint density at radius 3 is 2.22 bits per heavy atom. The molecule has 0 heterocycles. The third kappa shape index (κ3) is 4.10. The van der Waals surface area contributed by atoms with Crippen LogP contribution in [0.4, 0.5) is 5.69 Å². The van der Waals surface area contributed by atoms with Gasteiger partial charge in [0.2, 0.25) is 9.84 Å². The lowest BCUT2D eigenvalue weighted by Gasteiger charge is -2.16. The Morgan fingerprint density at radius 2 is 1.70 bits per heavy atom. The number of amides is 1. The fourth-order valence-electron chi connectivity index (χ4n) is 1.77. The molecule has 122 valence electrons. The van der Waals surface area contributed by atoms with E-state index in [4.69, 9.17) is 11.6 Å². The Hall–Kier alpha value is -1.89. The molecule has 0 aromatic heterocycles. The van der Waals surface area contributed by atoms with Gasteiger partial charge >= 0.3 is 0 Å². The Balaban J connectivity index is 2.27. The first-order valence-corrected chi connectivity index (χ1v) is 8.61. The van der Waals surface area contributed by atoms with Crippen LogP contribution in [0.2, 0.25) is 5.02 Å². The Labute approximate surface area is 139 Å². The number of carbonyl (C=O) groups is 1. The van der Waals surface area contributed by atoms with Crippen molar-refractivity contribution in [2.24, 2.45) is 0 Å². The first-order valence-electron chi connectivity index (χ1n) is 6.75. The number of carbonyl (C=O) groups excluding carboxylic acids is 1. The Bertz CT molecular complexity index is 824. The summed E-state index contributed by atoms with van der Waals surface area (Å²) in [5.74, 6) is -0.581. The molecule has 0 aliphatic carbocycles. The predicted octanol–water partition coefficient (Wildman–Crippen LogP) is 2.88. The smallest absolute Gasteiger partial charge is 0.255 e. The predicted molar refractivity (Wildman–Crippen MR) is 88.3 cm³/mol. The van der Waals surface area contributed by atoms with Crippen LogP contribution in [0.25, 0.3) is 0 Å². The van der Waals surface area contributed by atoms with Crippen molar-refractivity contribution >= 4 is 33.0 Å². The highest BCUT2D eigenvalue weighted by atomic mass is 35.5. The van der Waals surface area contributed by atoms with Crippen molar-refractivity contribution in [2.45, 2.75) is 29.2 Å². The van der Waals surface area contributed by atoms with Crippen molar-refractivity contribution in [1.82, 2.24) is 0 Å². The number of halogens is 1. The van der Waals surface area contributed by atoms with Crippen LogP contribution in [0.3, 0.4) is 0 Å². The van der Waals surface area contributed by atoms with Crippen molar-refractivity contribution in [3.05, 3.63) is 53.6 Å². The number of nitrogens with one attached hydrogen (secondary N) is 1. The lowest BCUT2D eigenvalue weighted by Crippen LogP contribution is -2.36. The van der Waals surface area contributed by atoms with Crippen LogP contribution in [0.5, 0.6) is 0 Å². The highest BCUT2D eigenvalue weighted by Gasteiger charge is 2.24. The van der Waals surface area contributed by atoms with Crippen LogP contribution in [-0.2, 0) is 14.6 Å². The van der Waals surface area contributed by atoms with Gasteiger partial charge in [-0.25, -0.2) is 8.42 Å². The molecule has 2 aromatic carbocycles. The molecular formula is C16H16ClNO4S. The maximum absolute atomic E-state index is 12.5. The van der Waals surface area contributed by atoms with Crippen molar-refractivity contribution in [3.8, 4) is 0 Å². The molecule has 1 amide bonds. The molecule has 5 nitrogen and oxygen atoms in total. The van der Waals surface area contributed by atoms with Gasteiger partial charge in [0.05, 0.1) is 9.79 Å². The third-order valence-electron chi connectivity index (χ3n) is 3.08. The van der Waals surface area contributed by atoms with Crippen molar-refractivity contribution < 1.29 is 18.3 Å². The van der Waals surface area contributed by atoms with Gasteiger partial charge in [-0.15, -0.1) is 0 Å². The highest BCUT2D eigenvalue weighted by molar-refractivity contribution is 7.91.